The molecule has 0 atom stereocenters. The van der Waals surface area contributed by atoms with Crippen LogP contribution in [0.25, 0.3) is 0 Å². The zero-order valence-corrected chi connectivity index (χ0v) is 18.2. The lowest BCUT2D eigenvalue weighted by molar-refractivity contribution is -0.133. The topological polar surface area (TPSA) is 49.4 Å². The zero-order chi connectivity index (χ0) is 21.2. The molecule has 0 unspecified atom stereocenters. The average Bonchev–Trinajstić information content (AvgIpc) is 2.77. The first-order valence-corrected chi connectivity index (χ1v) is 11.3. The molecule has 0 bridgehead atoms. The molecule has 2 aromatic carbocycles. The molecule has 2 aromatic rings. The highest BCUT2D eigenvalue weighted by Crippen LogP contribution is 2.22. The molecule has 1 saturated heterocycles. The Kier molecular flexibility index (Phi) is 8.76. The standard InChI is InChI=1S/C25H31ClN2O2/c26-23-10-4-9-22(18-23)19-27-24(29)13-12-21-14-16-28(17-15-21)25(30)11-5-8-20-6-2-1-3-7-20/h1-4,6-7,9-10,18,21H,5,8,11-17,19H2,(H,27,29). The second kappa shape index (κ2) is 11.8. The number of nitrogens with one attached hydrogen (secondary N) is 1. The van der Waals surface area contributed by atoms with Crippen molar-refractivity contribution in [2.24, 2.45) is 5.92 Å². The number of carbonyl (C=O) groups is 2. The van der Waals surface area contributed by atoms with E-state index in [1.165, 1.54) is 5.56 Å². The van der Waals surface area contributed by atoms with Crippen LogP contribution in [-0.4, -0.2) is 29.8 Å². The van der Waals surface area contributed by atoms with Crippen LogP contribution in [0.3, 0.4) is 0 Å². The molecular weight excluding hydrogens is 396 g/mol. The lowest BCUT2D eigenvalue weighted by Gasteiger charge is -2.32. The Morgan fingerprint density at radius 1 is 0.967 bits per heavy atom. The van der Waals surface area contributed by atoms with Crippen LogP contribution in [0.4, 0.5) is 0 Å². The van der Waals surface area contributed by atoms with Gasteiger partial charge in [0.25, 0.3) is 0 Å². The van der Waals surface area contributed by atoms with E-state index in [4.69, 9.17) is 11.6 Å². The van der Waals surface area contributed by atoms with Crippen molar-refractivity contribution in [3.05, 3.63) is 70.7 Å². The van der Waals surface area contributed by atoms with Crippen LogP contribution in [-0.2, 0) is 22.6 Å². The van der Waals surface area contributed by atoms with Gasteiger partial charge in [-0.2, -0.15) is 0 Å². The van der Waals surface area contributed by atoms with Gasteiger partial charge in [-0.3, -0.25) is 9.59 Å². The van der Waals surface area contributed by atoms with Crippen LogP contribution in [0.15, 0.2) is 54.6 Å². The first-order chi connectivity index (χ1) is 14.6. The Morgan fingerprint density at radius 3 is 2.43 bits per heavy atom. The molecule has 0 aliphatic carbocycles. The normalized spacial score (nSPS) is 14.5. The van der Waals surface area contributed by atoms with Crippen molar-refractivity contribution in [2.75, 3.05) is 13.1 Å². The van der Waals surface area contributed by atoms with Crippen LogP contribution in [0, 0.1) is 5.92 Å². The molecule has 1 N–H and O–H groups in total. The van der Waals surface area contributed by atoms with E-state index in [-0.39, 0.29) is 11.8 Å². The highest BCUT2D eigenvalue weighted by molar-refractivity contribution is 6.30. The minimum absolute atomic E-state index is 0.0781. The lowest BCUT2D eigenvalue weighted by Crippen LogP contribution is -2.38. The van der Waals surface area contributed by atoms with Crippen molar-refractivity contribution in [1.29, 1.82) is 0 Å². The molecule has 4 nitrogen and oxygen atoms in total. The molecule has 3 rings (SSSR count). The summed E-state index contributed by atoms with van der Waals surface area (Å²) < 4.78 is 0. The molecule has 1 fully saturated rings. The summed E-state index contributed by atoms with van der Waals surface area (Å²) in [4.78, 5) is 26.6. The maximum atomic E-state index is 12.5. The van der Waals surface area contributed by atoms with Gasteiger partial charge in [-0.25, -0.2) is 0 Å². The smallest absolute Gasteiger partial charge is 0.222 e. The number of hydrogen-bond acceptors (Lipinski definition) is 2. The van der Waals surface area contributed by atoms with Crippen LogP contribution >= 0.6 is 11.6 Å². The van der Waals surface area contributed by atoms with Gasteiger partial charge in [-0.15, -0.1) is 0 Å². The number of aryl methyl sites for hydroxylation is 1. The second-order valence-corrected chi connectivity index (χ2v) is 8.55. The SMILES string of the molecule is O=C(CCC1CCN(C(=O)CCCc2ccccc2)CC1)NCc1cccc(Cl)c1. The summed E-state index contributed by atoms with van der Waals surface area (Å²) in [5.74, 6) is 0.869. The number of nitrogens with zero attached hydrogens (tertiary/aromatic N) is 1. The van der Waals surface area contributed by atoms with E-state index in [0.717, 1.165) is 50.8 Å². The first kappa shape index (κ1) is 22.4. The molecular formula is C25H31ClN2O2. The number of piperidine rings is 1. The highest BCUT2D eigenvalue weighted by atomic mass is 35.5. The molecule has 160 valence electrons. The molecule has 30 heavy (non-hydrogen) atoms. The maximum Gasteiger partial charge on any atom is 0.222 e. The van der Waals surface area contributed by atoms with Gasteiger partial charge >= 0.3 is 0 Å². The molecule has 0 spiro atoms. The van der Waals surface area contributed by atoms with Gasteiger partial charge in [0, 0.05) is 37.5 Å². The average molecular weight is 427 g/mol. The first-order valence-electron chi connectivity index (χ1n) is 10.9. The molecule has 1 aliphatic heterocycles. The maximum absolute atomic E-state index is 12.5. The van der Waals surface area contributed by atoms with E-state index < -0.39 is 0 Å². The fraction of sp³-hybridized carbons (Fsp3) is 0.440. The van der Waals surface area contributed by atoms with E-state index in [2.05, 4.69) is 17.4 Å². The fourth-order valence-corrected chi connectivity index (χ4v) is 4.20. The van der Waals surface area contributed by atoms with Gasteiger partial charge in [-0.05, 0) is 61.3 Å². The van der Waals surface area contributed by atoms with Gasteiger partial charge in [0.1, 0.15) is 0 Å². The monoisotopic (exact) mass is 426 g/mol. The molecule has 0 radical (unpaired) electrons. The van der Waals surface area contributed by atoms with Crippen LogP contribution < -0.4 is 5.32 Å². The fourth-order valence-electron chi connectivity index (χ4n) is 3.99. The van der Waals surface area contributed by atoms with Crippen molar-refractivity contribution >= 4 is 23.4 Å². The second-order valence-electron chi connectivity index (χ2n) is 8.11. The highest BCUT2D eigenvalue weighted by Gasteiger charge is 2.22. The summed E-state index contributed by atoms with van der Waals surface area (Å²) >= 11 is 5.97. The van der Waals surface area contributed by atoms with E-state index in [9.17, 15) is 9.59 Å². The van der Waals surface area contributed by atoms with Gasteiger partial charge < -0.3 is 10.2 Å². The lowest BCUT2D eigenvalue weighted by atomic mass is 9.91. The van der Waals surface area contributed by atoms with Crippen molar-refractivity contribution in [1.82, 2.24) is 10.2 Å². The van der Waals surface area contributed by atoms with Crippen molar-refractivity contribution < 1.29 is 9.59 Å². The molecule has 5 heteroatoms. The molecule has 0 aromatic heterocycles. The van der Waals surface area contributed by atoms with E-state index >= 15 is 0 Å². The minimum atomic E-state index is 0.0781. The Bertz CT molecular complexity index is 817. The largest absolute Gasteiger partial charge is 0.352 e. The third-order valence-corrected chi connectivity index (χ3v) is 6.06. The number of carbonyl (C=O) groups excluding carboxylic acids is 2. The van der Waals surface area contributed by atoms with E-state index in [1.54, 1.807) is 0 Å². The Hall–Kier alpha value is -2.33. The van der Waals surface area contributed by atoms with Crippen LogP contribution in [0.2, 0.25) is 5.02 Å². The summed E-state index contributed by atoms with van der Waals surface area (Å²) in [5, 5.41) is 3.65. The molecule has 1 aliphatic rings. The van der Waals surface area contributed by atoms with Crippen LogP contribution in [0.5, 0.6) is 0 Å². The Balaban J connectivity index is 1.28. The number of amides is 2. The number of halogens is 1. The van der Waals surface area contributed by atoms with Crippen molar-refractivity contribution in [2.45, 2.75) is 51.5 Å². The summed E-state index contributed by atoms with van der Waals surface area (Å²) in [6.07, 6.45) is 5.88. The Morgan fingerprint density at radius 2 is 1.70 bits per heavy atom. The van der Waals surface area contributed by atoms with Crippen molar-refractivity contribution in [3.8, 4) is 0 Å². The third kappa shape index (κ3) is 7.49. The predicted octanol–water partition coefficient (Wildman–Crippen LogP) is 5.00. The summed E-state index contributed by atoms with van der Waals surface area (Å²) in [6, 6.07) is 17.9. The zero-order valence-electron chi connectivity index (χ0n) is 17.5. The van der Waals surface area contributed by atoms with Gasteiger partial charge in [0.15, 0.2) is 0 Å². The summed E-state index contributed by atoms with van der Waals surface area (Å²) in [5.41, 5.74) is 2.30. The number of benzene rings is 2. The van der Waals surface area contributed by atoms with E-state index in [1.807, 2.05) is 47.4 Å². The minimum Gasteiger partial charge on any atom is -0.352 e. The Labute approximate surface area is 184 Å². The molecule has 0 saturated carbocycles. The summed E-state index contributed by atoms with van der Waals surface area (Å²) in [6.45, 7) is 2.15. The predicted molar refractivity (Wildman–Crippen MR) is 121 cm³/mol. The molecule has 1 heterocycles. The van der Waals surface area contributed by atoms with Gasteiger partial charge in [-0.1, -0.05) is 54.1 Å². The number of hydrogen-bond donors (Lipinski definition) is 1. The third-order valence-electron chi connectivity index (χ3n) is 5.82. The van der Waals surface area contributed by atoms with Gasteiger partial charge in [0.05, 0.1) is 0 Å². The van der Waals surface area contributed by atoms with Crippen LogP contribution in [0.1, 0.15) is 49.7 Å². The van der Waals surface area contributed by atoms with Gasteiger partial charge in [0.2, 0.25) is 11.8 Å². The number of likely N-dealkylation sites (tertiary alicyclic amines) is 1. The van der Waals surface area contributed by atoms with E-state index in [0.29, 0.717) is 30.3 Å². The molecule has 2 amide bonds. The van der Waals surface area contributed by atoms with Crippen molar-refractivity contribution in [3.63, 3.8) is 0 Å². The summed E-state index contributed by atoms with van der Waals surface area (Å²) in [7, 11) is 0. The quantitative estimate of drug-likeness (QED) is 0.613. The number of rotatable bonds is 9.